The standard InChI is InChI=1S/C22H36N6.HI/c1-7-22(8-2,19-12-10-9-11-13-19)17-25-21(23-3)24-15-20(27(4)5)18-14-26-28(6)16-18;/h9-14,16,20H,7-8,15,17H2,1-6H3,(H2,23,24,25);1H. The van der Waals surface area contributed by atoms with Crippen molar-refractivity contribution in [2.45, 2.75) is 38.1 Å². The third kappa shape index (κ3) is 6.70. The lowest BCUT2D eigenvalue weighted by Gasteiger charge is -2.33. The molecule has 2 N–H and O–H groups in total. The Bertz CT molecular complexity index is 737. The molecular weight excluding hydrogens is 475 g/mol. The molecule has 0 aliphatic carbocycles. The number of aryl methyl sites for hydroxylation is 1. The van der Waals surface area contributed by atoms with Gasteiger partial charge in [-0.3, -0.25) is 9.67 Å². The van der Waals surface area contributed by atoms with E-state index in [0.717, 1.165) is 31.9 Å². The summed E-state index contributed by atoms with van der Waals surface area (Å²) in [4.78, 5) is 6.64. The molecule has 0 saturated heterocycles. The van der Waals surface area contributed by atoms with Gasteiger partial charge in [-0.2, -0.15) is 5.10 Å². The Kier molecular flexibility index (Phi) is 10.7. The summed E-state index contributed by atoms with van der Waals surface area (Å²) >= 11 is 0. The maximum Gasteiger partial charge on any atom is 0.191 e. The summed E-state index contributed by atoms with van der Waals surface area (Å²) in [6.45, 7) is 6.13. The molecule has 0 aliphatic rings. The Labute approximate surface area is 193 Å². The van der Waals surface area contributed by atoms with Gasteiger partial charge in [-0.15, -0.1) is 24.0 Å². The van der Waals surface area contributed by atoms with Crippen LogP contribution in [0.3, 0.4) is 0 Å². The Morgan fingerprint density at radius 3 is 2.31 bits per heavy atom. The highest BCUT2D eigenvalue weighted by Gasteiger charge is 2.28. The second-order valence-electron chi connectivity index (χ2n) is 7.59. The summed E-state index contributed by atoms with van der Waals surface area (Å²) in [5.41, 5.74) is 2.67. The van der Waals surface area contributed by atoms with Gasteiger partial charge in [0.1, 0.15) is 0 Å². The molecule has 0 bridgehead atoms. The van der Waals surface area contributed by atoms with Crippen molar-refractivity contribution in [2.75, 3.05) is 34.2 Å². The minimum absolute atomic E-state index is 0. The minimum atomic E-state index is 0. The lowest BCUT2D eigenvalue weighted by atomic mass is 9.76. The van der Waals surface area contributed by atoms with E-state index in [1.54, 1.807) is 0 Å². The highest BCUT2D eigenvalue weighted by atomic mass is 127. The molecule has 0 fully saturated rings. The average Bonchev–Trinajstić information content (AvgIpc) is 3.14. The molecule has 2 aromatic rings. The Morgan fingerprint density at radius 2 is 1.83 bits per heavy atom. The van der Waals surface area contributed by atoms with Gasteiger partial charge in [-0.05, 0) is 32.5 Å². The number of benzene rings is 1. The quantitative estimate of drug-likeness (QED) is 0.307. The molecule has 2 rings (SSSR count). The molecule has 1 atom stereocenters. The van der Waals surface area contributed by atoms with Crippen LogP contribution in [0.25, 0.3) is 0 Å². The van der Waals surface area contributed by atoms with Crippen molar-refractivity contribution < 1.29 is 0 Å². The maximum atomic E-state index is 4.44. The number of rotatable bonds is 9. The summed E-state index contributed by atoms with van der Waals surface area (Å²) < 4.78 is 1.84. The SMILES string of the molecule is CCC(CC)(CNC(=NC)NCC(c1cnn(C)c1)N(C)C)c1ccccc1.I. The lowest BCUT2D eigenvalue weighted by molar-refractivity contribution is 0.297. The first-order valence-corrected chi connectivity index (χ1v) is 10.1. The summed E-state index contributed by atoms with van der Waals surface area (Å²) in [6.07, 6.45) is 6.15. The molecule has 7 heteroatoms. The third-order valence-electron chi connectivity index (χ3n) is 5.75. The van der Waals surface area contributed by atoms with Crippen LogP contribution in [0.1, 0.15) is 43.9 Å². The van der Waals surface area contributed by atoms with Gasteiger partial charge in [0, 0.05) is 44.4 Å². The molecule has 6 nitrogen and oxygen atoms in total. The van der Waals surface area contributed by atoms with Crippen molar-refractivity contribution in [1.82, 2.24) is 25.3 Å². The second kappa shape index (κ2) is 12.2. The zero-order valence-electron chi connectivity index (χ0n) is 18.6. The van der Waals surface area contributed by atoms with E-state index in [9.17, 15) is 0 Å². The van der Waals surface area contributed by atoms with Crippen molar-refractivity contribution in [3.63, 3.8) is 0 Å². The van der Waals surface area contributed by atoms with Gasteiger partial charge in [-0.25, -0.2) is 0 Å². The predicted octanol–water partition coefficient (Wildman–Crippen LogP) is 3.56. The number of hydrogen-bond donors (Lipinski definition) is 2. The van der Waals surface area contributed by atoms with Crippen LogP contribution in [-0.2, 0) is 12.5 Å². The van der Waals surface area contributed by atoms with E-state index in [0.29, 0.717) is 0 Å². The van der Waals surface area contributed by atoms with Crippen molar-refractivity contribution in [3.8, 4) is 0 Å². The zero-order chi connectivity index (χ0) is 20.6. The van der Waals surface area contributed by atoms with Gasteiger partial charge in [0.05, 0.1) is 12.2 Å². The van der Waals surface area contributed by atoms with Gasteiger partial charge in [0.2, 0.25) is 0 Å². The smallest absolute Gasteiger partial charge is 0.191 e. The number of aliphatic imine (C=N–C) groups is 1. The van der Waals surface area contributed by atoms with Crippen molar-refractivity contribution in [1.29, 1.82) is 0 Å². The van der Waals surface area contributed by atoms with E-state index >= 15 is 0 Å². The van der Waals surface area contributed by atoms with E-state index in [-0.39, 0.29) is 35.4 Å². The first-order valence-electron chi connectivity index (χ1n) is 10.1. The monoisotopic (exact) mass is 512 g/mol. The lowest BCUT2D eigenvalue weighted by Crippen LogP contribution is -2.47. The van der Waals surface area contributed by atoms with Gasteiger partial charge in [0.15, 0.2) is 5.96 Å². The molecule has 162 valence electrons. The summed E-state index contributed by atoms with van der Waals surface area (Å²) in [5, 5.41) is 11.4. The predicted molar refractivity (Wildman–Crippen MR) is 133 cm³/mol. The zero-order valence-corrected chi connectivity index (χ0v) is 21.0. The van der Waals surface area contributed by atoms with Gasteiger partial charge >= 0.3 is 0 Å². The summed E-state index contributed by atoms with van der Waals surface area (Å²) in [7, 11) is 7.95. The number of halogens is 1. The normalized spacial score (nSPS) is 13.1. The second-order valence-corrected chi connectivity index (χ2v) is 7.59. The Balaban J connectivity index is 0.00000420. The molecule has 0 radical (unpaired) electrons. The molecule has 0 amide bonds. The number of nitrogens with zero attached hydrogens (tertiary/aromatic N) is 4. The van der Waals surface area contributed by atoms with Crippen LogP contribution in [0, 0.1) is 0 Å². The van der Waals surface area contributed by atoms with E-state index < -0.39 is 0 Å². The van der Waals surface area contributed by atoms with Crippen LogP contribution < -0.4 is 10.6 Å². The molecule has 29 heavy (non-hydrogen) atoms. The topological polar surface area (TPSA) is 57.5 Å². The molecule has 1 unspecified atom stereocenters. The number of guanidine groups is 1. The average molecular weight is 512 g/mol. The van der Waals surface area contributed by atoms with Crippen LogP contribution in [0.2, 0.25) is 0 Å². The van der Waals surface area contributed by atoms with E-state index in [1.807, 2.05) is 25.0 Å². The fraction of sp³-hybridized carbons (Fsp3) is 0.545. The Hall–Kier alpha value is -1.61. The first kappa shape index (κ1) is 25.4. The van der Waals surface area contributed by atoms with Gasteiger partial charge < -0.3 is 15.5 Å². The Morgan fingerprint density at radius 1 is 1.17 bits per heavy atom. The largest absolute Gasteiger partial charge is 0.356 e. The molecule has 0 aliphatic heterocycles. The summed E-state index contributed by atoms with van der Waals surface area (Å²) in [5.74, 6) is 0.831. The van der Waals surface area contributed by atoms with Crippen LogP contribution in [-0.4, -0.2) is 54.9 Å². The maximum absolute atomic E-state index is 4.44. The number of likely N-dealkylation sites (N-methyl/N-ethyl adjacent to an activating group) is 1. The van der Waals surface area contributed by atoms with E-state index in [4.69, 9.17) is 0 Å². The third-order valence-corrected chi connectivity index (χ3v) is 5.75. The number of nitrogens with one attached hydrogen (secondary N) is 2. The minimum Gasteiger partial charge on any atom is -0.356 e. The van der Waals surface area contributed by atoms with Crippen LogP contribution >= 0.6 is 24.0 Å². The fourth-order valence-corrected chi connectivity index (χ4v) is 3.68. The van der Waals surface area contributed by atoms with Crippen molar-refractivity contribution in [3.05, 3.63) is 53.9 Å². The van der Waals surface area contributed by atoms with E-state index in [2.05, 4.69) is 90.1 Å². The van der Waals surface area contributed by atoms with Crippen LogP contribution in [0.5, 0.6) is 0 Å². The highest BCUT2D eigenvalue weighted by Crippen LogP contribution is 2.30. The van der Waals surface area contributed by atoms with Crippen LogP contribution in [0.4, 0.5) is 0 Å². The van der Waals surface area contributed by atoms with E-state index in [1.165, 1.54) is 11.1 Å². The van der Waals surface area contributed by atoms with Gasteiger partial charge in [-0.1, -0.05) is 44.2 Å². The molecule has 1 aromatic carbocycles. The van der Waals surface area contributed by atoms with Gasteiger partial charge in [0.25, 0.3) is 0 Å². The molecule has 1 heterocycles. The molecule has 0 spiro atoms. The van der Waals surface area contributed by atoms with Crippen LogP contribution in [0.15, 0.2) is 47.7 Å². The number of hydrogen-bond acceptors (Lipinski definition) is 3. The fourth-order valence-electron chi connectivity index (χ4n) is 3.68. The van der Waals surface area contributed by atoms with Crippen molar-refractivity contribution >= 4 is 29.9 Å². The first-order chi connectivity index (χ1) is 13.5. The molecule has 1 aromatic heterocycles. The van der Waals surface area contributed by atoms with Crippen molar-refractivity contribution in [2.24, 2.45) is 12.0 Å². The molecule has 0 saturated carbocycles. The summed E-state index contributed by atoms with van der Waals surface area (Å²) in [6, 6.07) is 11.0. The highest BCUT2D eigenvalue weighted by molar-refractivity contribution is 14.0. The number of aromatic nitrogens is 2. The molecular formula is C22H37IN6.